The van der Waals surface area contributed by atoms with Crippen molar-refractivity contribution in [2.24, 2.45) is 4.99 Å². The van der Waals surface area contributed by atoms with E-state index in [2.05, 4.69) is 26.8 Å². The monoisotopic (exact) mass is 164 g/mol. The molecule has 0 amide bonds. The Morgan fingerprint density at radius 3 is 3.25 bits per heavy atom. The van der Waals surface area contributed by atoms with E-state index >= 15 is 0 Å². The van der Waals surface area contributed by atoms with Crippen molar-refractivity contribution < 1.29 is 0 Å². The zero-order valence-corrected chi connectivity index (χ0v) is 7.12. The molecule has 0 bridgehead atoms. The van der Waals surface area contributed by atoms with Gasteiger partial charge in [-0.3, -0.25) is 4.99 Å². The van der Waals surface area contributed by atoms with Crippen molar-refractivity contribution in [1.82, 2.24) is 14.9 Å². The van der Waals surface area contributed by atoms with E-state index in [0.717, 1.165) is 31.2 Å². The van der Waals surface area contributed by atoms with Gasteiger partial charge >= 0.3 is 0 Å². The van der Waals surface area contributed by atoms with Crippen LogP contribution in [0, 0.1) is 0 Å². The Bertz CT molecular complexity index is 275. The summed E-state index contributed by atoms with van der Waals surface area (Å²) in [6.45, 7) is 5.09. The third-order valence-electron chi connectivity index (χ3n) is 2.05. The molecule has 0 aromatic carbocycles. The molecular formula is C8H12N4. The van der Waals surface area contributed by atoms with E-state index < -0.39 is 0 Å². The molecule has 0 unspecified atom stereocenters. The van der Waals surface area contributed by atoms with Crippen LogP contribution in [0.5, 0.6) is 0 Å². The van der Waals surface area contributed by atoms with Gasteiger partial charge in [0.1, 0.15) is 11.5 Å². The summed E-state index contributed by atoms with van der Waals surface area (Å²) in [6, 6.07) is 0. The number of nitrogens with zero attached hydrogens (tertiary/aromatic N) is 3. The van der Waals surface area contributed by atoms with E-state index in [1.165, 1.54) is 0 Å². The Balaban J connectivity index is 2.23. The number of aromatic nitrogens is 2. The van der Waals surface area contributed by atoms with Crippen LogP contribution in [-0.2, 0) is 0 Å². The number of hydrogen-bond donors (Lipinski definition) is 1. The van der Waals surface area contributed by atoms with Gasteiger partial charge in [0.05, 0.1) is 19.1 Å². The SMILES string of the molecule is CCN1CCN=C1c1cnc[nH]1. The molecule has 2 rings (SSSR count). The predicted octanol–water partition coefficient (Wildman–Crippen LogP) is 0.492. The van der Waals surface area contributed by atoms with Gasteiger partial charge in [0.15, 0.2) is 0 Å². The summed E-state index contributed by atoms with van der Waals surface area (Å²) in [5.41, 5.74) is 1.02. The number of amidine groups is 1. The predicted molar refractivity (Wildman–Crippen MR) is 47.2 cm³/mol. The molecule has 1 aliphatic heterocycles. The maximum atomic E-state index is 4.40. The Hall–Kier alpha value is -1.32. The van der Waals surface area contributed by atoms with E-state index in [1.807, 2.05) is 6.20 Å². The van der Waals surface area contributed by atoms with Crippen LogP contribution >= 0.6 is 0 Å². The molecule has 12 heavy (non-hydrogen) atoms. The summed E-state index contributed by atoms with van der Waals surface area (Å²) >= 11 is 0. The summed E-state index contributed by atoms with van der Waals surface area (Å²) in [4.78, 5) is 13.7. The van der Waals surface area contributed by atoms with E-state index in [4.69, 9.17) is 0 Å². The first kappa shape index (κ1) is 7.34. The zero-order valence-electron chi connectivity index (χ0n) is 7.12. The van der Waals surface area contributed by atoms with Crippen LogP contribution in [-0.4, -0.2) is 40.3 Å². The minimum Gasteiger partial charge on any atom is -0.354 e. The molecule has 1 N–H and O–H groups in total. The smallest absolute Gasteiger partial charge is 0.149 e. The van der Waals surface area contributed by atoms with Gasteiger partial charge in [0.25, 0.3) is 0 Å². The third kappa shape index (κ3) is 1.09. The molecule has 4 nitrogen and oxygen atoms in total. The van der Waals surface area contributed by atoms with Crippen molar-refractivity contribution in [2.75, 3.05) is 19.6 Å². The highest BCUT2D eigenvalue weighted by molar-refractivity contribution is 5.97. The van der Waals surface area contributed by atoms with E-state index in [1.54, 1.807) is 6.33 Å². The maximum Gasteiger partial charge on any atom is 0.149 e. The summed E-state index contributed by atoms with van der Waals surface area (Å²) < 4.78 is 0. The average molecular weight is 164 g/mol. The molecule has 4 heteroatoms. The van der Waals surface area contributed by atoms with Crippen molar-refractivity contribution in [1.29, 1.82) is 0 Å². The molecule has 2 heterocycles. The van der Waals surface area contributed by atoms with Crippen LogP contribution in [0.25, 0.3) is 0 Å². The first-order valence-electron chi connectivity index (χ1n) is 4.20. The van der Waals surface area contributed by atoms with Crippen molar-refractivity contribution in [3.8, 4) is 0 Å². The van der Waals surface area contributed by atoms with E-state index in [0.29, 0.717) is 0 Å². The van der Waals surface area contributed by atoms with Crippen LogP contribution in [0.15, 0.2) is 17.5 Å². The molecule has 0 saturated carbocycles. The number of hydrogen-bond acceptors (Lipinski definition) is 3. The van der Waals surface area contributed by atoms with Gasteiger partial charge in [0.2, 0.25) is 0 Å². The van der Waals surface area contributed by atoms with Gasteiger partial charge in [-0.15, -0.1) is 0 Å². The van der Waals surface area contributed by atoms with Crippen LogP contribution in [0.3, 0.4) is 0 Å². The number of aliphatic imine (C=N–C) groups is 1. The second kappa shape index (κ2) is 2.97. The van der Waals surface area contributed by atoms with Crippen molar-refractivity contribution in [3.63, 3.8) is 0 Å². The highest BCUT2D eigenvalue weighted by Gasteiger charge is 2.17. The van der Waals surface area contributed by atoms with Crippen LogP contribution in [0.2, 0.25) is 0 Å². The van der Waals surface area contributed by atoms with Gasteiger partial charge in [-0.05, 0) is 6.92 Å². The topological polar surface area (TPSA) is 44.3 Å². The van der Waals surface area contributed by atoms with Crippen LogP contribution in [0.4, 0.5) is 0 Å². The number of aromatic amines is 1. The largest absolute Gasteiger partial charge is 0.354 e. The second-order valence-corrected chi connectivity index (χ2v) is 2.75. The van der Waals surface area contributed by atoms with Crippen molar-refractivity contribution >= 4 is 5.84 Å². The molecular weight excluding hydrogens is 152 g/mol. The minimum atomic E-state index is 0.905. The number of nitrogens with one attached hydrogen (secondary N) is 1. The highest BCUT2D eigenvalue weighted by atomic mass is 15.2. The van der Waals surface area contributed by atoms with Gasteiger partial charge in [0, 0.05) is 13.1 Å². The normalized spacial score (nSPS) is 16.8. The molecule has 1 aromatic rings. The number of imidazole rings is 1. The zero-order chi connectivity index (χ0) is 8.39. The van der Waals surface area contributed by atoms with Gasteiger partial charge in [-0.25, -0.2) is 4.98 Å². The highest BCUT2D eigenvalue weighted by Crippen LogP contribution is 2.07. The molecule has 64 valence electrons. The van der Waals surface area contributed by atoms with Gasteiger partial charge in [-0.2, -0.15) is 0 Å². The summed E-state index contributed by atoms with van der Waals surface area (Å²) in [5, 5.41) is 0. The molecule has 0 atom stereocenters. The fourth-order valence-corrected chi connectivity index (χ4v) is 1.42. The van der Waals surface area contributed by atoms with Crippen LogP contribution in [0.1, 0.15) is 12.6 Å². The first-order chi connectivity index (χ1) is 5.92. The van der Waals surface area contributed by atoms with Crippen molar-refractivity contribution in [3.05, 3.63) is 18.2 Å². The lowest BCUT2D eigenvalue weighted by Crippen LogP contribution is -2.28. The minimum absolute atomic E-state index is 0.905. The molecule has 0 fully saturated rings. The molecule has 1 aromatic heterocycles. The Morgan fingerprint density at radius 1 is 1.67 bits per heavy atom. The Morgan fingerprint density at radius 2 is 2.58 bits per heavy atom. The second-order valence-electron chi connectivity index (χ2n) is 2.75. The molecule has 0 saturated heterocycles. The Labute approximate surface area is 71.3 Å². The lowest BCUT2D eigenvalue weighted by atomic mass is 10.4. The third-order valence-corrected chi connectivity index (χ3v) is 2.05. The van der Waals surface area contributed by atoms with Gasteiger partial charge < -0.3 is 9.88 Å². The first-order valence-corrected chi connectivity index (χ1v) is 4.20. The number of H-pyrrole nitrogens is 1. The quantitative estimate of drug-likeness (QED) is 0.691. The van der Waals surface area contributed by atoms with Crippen molar-refractivity contribution in [2.45, 2.75) is 6.92 Å². The Kier molecular flexibility index (Phi) is 1.81. The lowest BCUT2D eigenvalue weighted by Gasteiger charge is -2.15. The molecule has 0 radical (unpaired) electrons. The average Bonchev–Trinajstić information content (AvgIpc) is 2.74. The summed E-state index contributed by atoms with van der Waals surface area (Å²) in [6.07, 6.45) is 3.50. The van der Waals surface area contributed by atoms with Crippen LogP contribution < -0.4 is 0 Å². The molecule has 1 aliphatic rings. The van der Waals surface area contributed by atoms with Gasteiger partial charge in [-0.1, -0.05) is 0 Å². The maximum absolute atomic E-state index is 4.40. The summed E-state index contributed by atoms with van der Waals surface area (Å²) in [5.74, 6) is 1.05. The standard InChI is InChI=1S/C8H12N4/c1-2-12-4-3-10-8(12)7-5-9-6-11-7/h5-6H,2-4H2,1H3,(H,9,11). The lowest BCUT2D eigenvalue weighted by molar-refractivity contribution is 0.483. The molecule has 0 spiro atoms. The summed E-state index contributed by atoms with van der Waals surface area (Å²) in [7, 11) is 0. The number of rotatable bonds is 2. The number of likely N-dealkylation sites (N-methyl/N-ethyl adjacent to an activating group) is 1. The van der Waals surface area contributed by atoms with E-state index in [-0.39, 0.29) is 0 Å². The fourth-order valence-electron chi connectivity index (χ4n) is 1.42. The molecule has 0 aliphatic carbocycles. The fraction of sp³-hybridized carbons (Fsp3) is 0.500. The van der Waals surface area contributed by atoms with E-state index in [9.17, 15) is 0 Å².